The number of ether oxygens (including phenoxy) is 1. The maximum absolute atomic E-state index is 5.91. The van der Waals surface area contributed by atoms with Crippen LogP contribution in [-0.4, -0.2) is 25.8 Å². The van der Waals surface area contributed by atoms with E-state index < -0.39 is 0 Å². The van der Waals surface area contributed by atoms with Crippen LogP contribution in [0.4, 0.5) is 0 Å². The Morgan fingerprint density at radius 2 is 1.13 bits per heavy atom. The summed E-state index contributed by atoms with van der Waals surface area (Å²) in [6, 6.07) is 0.259. The van der Waals surface area contributed by atoms with Crippen molar-refractivity contribution < 1.29 is 4.74 Å². The summed E-state index contributed by atoms with van der Waals surface area (Å²) in [5.41, 5.74) is 11.4. The van der Waals surface area contributed by atoms with Crippen molar-refractivity contribution >= 4 is 0 Å². The molecule has 0 saturated heterocycles. The Kier molecular flexibility index (Phi) is 19.8. The normalized spacial score (nSPS) is 12.7. The molecule has 0 spiro atoms. The van der Waals surface area contributed by atoms with Gasteiger partial charge in [0.1, 0.15) is 0 Å². The molecule has 4 N–H and O–H groups in total. The lowest BCUT2D eigenvalue weighted by Gasteiger charge is -2.10. The Bertz CT molecular complexity index is 212. The maximum atomic E-state index is 5.91. The van der Waals surface area contributed by atoms with Crippen molar-refractivity contribution in [1.82, 2.24) is 0 Å². The summed E-state index contributed by atoms with van der Waals surface area (Å²) >= 11 is 0. The van der Waals surface area contributed by atoms with Crippen molar-refractivity contribution in [2.24, 2.45) is 11.5 Å². The van der Waals surface area contributed by atoms with Crippen LogP contribution in [0.25, 0.3) is 0 Å². The summed E-state index contributed by atoms with van der Waals surface area (Å²) < 4.78 is 5.67. The van der Waals surface area contributed by atoms with Gasteiger partial charge in [0.2, 0.25) is 0 Å². The van der Waals surface area contributed by atoms with Crippen molar-refractivity contribution in [3.63, 3.8) is 0 Å². The summed E-state index contributed by atoms with van der Waals surface area (Å²) in [6.07, 6.45) is 19.8. The number of hydrogen-bond acceptors (Lipinski definition) is 3. The summed E-state index contributed by atoms with van der Waals surface area (Å²) in [5.74, 6) is 0. The number of rotatable bonds is 19. The highest BCUT2D eigenvalue weighted by Crippen LogP contribution is 2.12. The number of unbranched alkanes of at least 4 members (excludes halogenated alkanes) is 11. The highest BCUT2D eigenvalue weighted by Gasteiger charge is 2.00. The first-order chi connectivity index (χ1) is 11.3. The third kappa shape index (κ3) is 19.8. The van der Waals surface area contributed by atoms with Crippen molar-refractivity contribution in [3.8, 4) is 0 Å². The third-order valence-electron chi connectivity index (χ3n) is 4.54. The second-order valence-corrected chi connectivity index (χ2v) is 6.98. The quantitative estimate of drug-likeness (QED) is 0.322. The molecule has 0 aliphatic heterocycles. The van der Waals surface area contributed by atoms with Crippen LogP contribution in [-0.2, 0) is 4.74 Å². The molecule has 1 unspecified atom stereocenters. The predicted molar refractivity (Wildman–Crippen MR) is 103 cm³/mol. The smallest absolute Gasteiger partial charge is 0.0466 e. The Morgan fingerprint density at radius 3 is 1.65 bits per heavy atom. The first-order valence-electron chi connectivity index (χ1n) is 10.3. The summed E-state index contributed by atoms with van der Waals surface area (Å²) in [6.45, 7) is 4.75. The molecule has 0 bridgehead atoms. The number of hydrogen-bond donors (Lipinski definition) is 2. The lowest BCUT2D eigenvalue weighted by Crippen LogP contribution is -2.23. The molecule has 140 valence electrons. The molecule has 0 aliphatic carbocycles. The SMILES string of the molecule is CCCCCCCCCCCCCCOCCCC(N)CCN. The summed E-state index contributed by atoms with van der Waals surface area (Å²) in [5, 5.41) is 0. The lowest BCUT2D eigenvalue weighted by atomic mass is 10.1. The Balaban J connectivity index is 3.00. The minimum Gasteiger partial charge on any atom is -0.381 e. The van der Waals surface area contributed by atoms with E-state index in [2.05, 4.69) is 6.92 Å². The fourth-order valence-electron chi connectivity index (χ4n) is 2.95. The van der Waals surface area contributed by atoms with Gasteiger partial charge in [0.15, 0.2) is 0 Å². The molecule has 0 aromatic rings. The Morgan fingerprint density at radius 1 is 0.652 bits per heavy atom. The average Bonchev–Trinajstić information content (AvgIpc) is 2.54. The van der Waals surface area contributed by atoms with Gasteiger partial charge in [-0.2, -0.15) is 0 Å². The fourth-order valence-corrected chi connectivity index (χ4v) is 2.95. The molecule has 0 aromatic heterocycles. The Hall–Kier alpha value is -0.120. The van der Waals surface area contributed by atoms with E-state index in [1.165, 1.54) is 77.0 Å². The molecule has 0 rings (SSSR count). The van der Waals surface area contributed by atoms with Crippen LogP contribution < -0.4 is 11.5 Å². The van der Waals surface area contributed by atoms with E-state index >= 15 is 0 Å². The van der Waals surface area contributed by atoms with Crippen molar-refractivity contribution in [3.05, 3.63) is 0 Å². The van der Waals surface area contributed by atoms with Crippen LogP contribution in [0, 0.1) is 0 Å². The molecule has 1 atom stereocenters. The largest absolute Gasteiger partial charge is 0.381 e. The molecule has 23 heavy (non-hydrogen) atoms. The second kappa shape index (κ2) is 19.9. The molecule has 0 aromatic carbocycles. The highest BCUT2D eigenvalue weighted by molar-refractivity contribution is 4.61. The van der Waals surface area contributed by atoms with E-state index in [4.69, 9.17) is 16.2 Å². The first-order valence-corrected chi connectivity index (χ1v) is 10.3. The van der Waals surface area contributed by atoms with Gasteiger partial charge in [0.05, 0.1) is 0 Å². The molecule has 0 fully saturated rings. The van der Waals surface area contributed by atoms with Gasteiger partial charge in [-0.1, -0.05) is 77.6 Å². The molecular weight excluding hydrogens is 284 g/mol. The van der Waals surface area contributed by atoms with Crippen molar-refractivity contribution in [1.29, 1.82) is 0 Å². The van der Waals surface area contributed by atoms with Crippen LogP contribution >= 0.6 is 0 Å². The number of nitrogens with two attached hydrogens (primary N) is 2. The van der Waals surface area contributed by atoms with E-state index in [1.807, 2.05) is 0 Å². The molecular formula is C20H44N2O. The van der Waals surface area contributed by atoms with Crippen LogP contribution in [0.2, 0.25) is 0 Å². The maximum Gasteiger partial charge on any atom is 0.0466 e. The monoisotopic (exact) mass is 328 g/mol. The molecule has 3 nitrogen and oxygen atoms in total. The lowest BCUT2D eigenvalue weighted by molar-refractivity contribution is 0.124. The van der Waals surface area contributed by atoms with Gasteiger partial charge in [0, 0.05) is 19.3 Å². The van der Waals surface area contributed by atoms with Crippen LogP contribution in [0.5, 0.6) is 0 Å². The van der Waals surface area contributed by atoms with E-state index in [0.717, 1.165) is 32.5 Å². The molecule has 3 heteroatoms. The topological polar surface area (TPSA) is 61.3 Å². The molecule has 0 amide bonds. The van der Waals surface area contributed by atoms with Crippen LogP contribution in [0.15, 0.2) is 0 Å². The van der Waals surface area contributed by atoms with E-state index in [1.54, 1.807) is 0 Å². The van der Waals surface area contributed by atoms with E-state index in [9.17, 15) is 0 Å². The average molecular weight is 329 g/mol. The molecule has 0 saturated carbocycles. The summed E-state index contributed by atoms with van der Waals surface area (Å²) in [4.78, 5) is 0. The van der Waals surface area contributed by atoms with Crippen LogP contribution in [0.1, 0.15) is 103 Å². The van der Waals surface area contributed by atoms with Gasteiger partial charge in [0.25, 0.3) is 0 Å². The predicted octanol–water partition coefficient (Wildman–Crippen LogP) is 5.16. The van der Waals surface area contributed by atoms with E-state index in [-0.39, 0.29) is 6.04 Å². The minimum atomic E-state index is 0.259. The fraction of sp³-hybridized carbons (Fsp3) is 1.00. The molecule has 0 aliphatic rings. The highest BCUT2D eigenvalue weighted by atomic mass is 16.5. The van der Waals surface area contributed by atoms with Gasteiger partial charge < -0.3 is 16.2 Å². The zero-order valence-corrected chi connectivity index (χ0v) is 15.9. The zero-order valence-electron chi connectivity index (χ0n) is 15.9. The minimum absolute atomic E-state index is 0.259. The van der Waals surface area contributed by atoms with E-state index in [0.29, 0.717) is 6.54 Å². The first kappa shape index (κ1) is 22.9. The molecule has 0 heterocycles. The van der Waals surface area contributed by atoms with Crippen LogP contribution in [0.3, 0.4) is 0 Å². The van der Waals surface area contributed by atoms with Gasteiger partial charge >= 0.3 is 0 Å². The van der Waals surface area contributed by atoms with Gasteiger partial charge in [-0.3, -0.25) is 0 Å². The standard InChI is InChI=1S/C20H44N2O/c1-2-3-4-5-6-7-8-9-10-11-12-13-18-23-19-14-15-20(22)16-17-21/h20H,2-19,21-22H2,1H3. The molecule has 0 radical (unpaired) electrons. The second-order valence-electron chi connectivity index (χ2n) is 6.98. The van der Waals surface area contributed by atoms with Gasteiger partial charge in [-0.25, -0.2) is 0 Å². The van der Waals surface area contributed by atoms with Crippen molar-refractivity contribution in [2.75, 3.05) is 19.8 Å². The van der Waals surface area contributed by atoms with Crippen molar-refractivity contribution in [2.45, 2.75) is 109 Å². The van der Waals surface area contributed by atoms with Gasteiger partial charge in [-0.05, 0) is 32.2 Å². The summed E-state index contributed by atoms with van der Waals surface area (Å²) in [7, 11) is 0. The third-order valence-corrected chi connectivity index (χ3v) is 4.54. The Labute approximate surface area is 145 Å². The zero-order chi connectivity index (χ0) is 17.0. The van der Waals surface area contributed by atoms with Gasteiger partial charge in [-0.15, -0.1) is 0 Å².